The molecule has 2 heterocycles. The molecule has 0 spiro atoms. The zero-order valence-electron chi connectivity index (χ0n) is 10.3. The van der Waals surface area contributed by atoms with Gasteiger partial charge in [0.1, 0.15) is 0 Å². The highest BCUT2D eigenvalue weighted by Gasteiger charge is 2.47. The summed E-state index contributed by atoms with van der Waals surface area (Å²) < 4.78 is 10.8. The third kappa shape index (κ3) is 1.46. The quantitative estimate of drug-likeness (QED) is 0.714. The van der Waals surface area contributed by atoms with E-state index in [-0.39, 0.29) is 18.2 Å². The number of amides is 1. The lowest BCUT2D eigenvalue weighted by molar-refractivity contribution is 0.0937. The average Bonchev–Trinajstić information content (AvgIpc) is 2.88. The van der Waals surface area contributed by atoms with Crippen LogP contribution < -0.4 is 4.90 Å². The Bertz CT molecular complexity index is 512. The molecule has 0 aliphatic carbocycles. The minimum Gasteiger partial charge on any atom is -0.449 e. The number of carbonyl (C=O) groups is 1. The maximum absolute atomic E-state index is 12.1. The van der Waals surface area contributed by atoms with Crippen LogP contribution in [0.15, 0.2) is 36.4 Å². The number of anilines is 1. The van der Waals surface area contributed by atoms with Gasteiger partial charge >= 0.3 is 6.09 Å². The van der Waals surface area contributed by atoms with Crippen LogP contribution in [0.4, 0.5) is 10.5 Å². The van der Waals surface area contributed by atoms with Gasteiger partial charge in [0.2, 0.25) is 0 Å². The van der Waals surface area contributed by atoms with Crippen molar-refractivity contribution < 1.29 is 14.3 Å². The van der Waals surface area contributed by atoms with E-state index >= 15 is 0 Å². The summed E-state index contributed by atoms with van der Waals surface area (Å²) in [7, 11) is 0. The van der Waals surface area contributed by atoms with Gasteiger partial charge in [0.15, 0.2) is 6.23 Å². The van der Waals surface area contributed by atoms with Crippen LogP contribution in [0.3, 0.4) is 0 Å². The van der Waals surface area contributed by atoms with Crippen molar-refractivity contribution in [2.45, 2.75) is 19.1 Å². The fraction of sp³-hybridized carbons (Fsp3) is 0.357. The minimum absolute atomic E-state index is 0.0746. The molecule has 1 aromatic carbocycles. The second-order valence-corrected chi connectivity index (χ2v) is 4.47. The van der Waals surface area contributed by atoms with Gasteiger partial charge in [-0.2, -0.15) is 0 Å². The SMILES string of the molecule is C=C1COC2C1c1ccccc1N2C(=O)OCC. The zero-order valence-corrected chi connectivity index (χ0v) is 10.3. The Morgan fingerprint density at radius 3 is 3.11 bits per heavy atom. The highest BCUT2D eigenvalue weighted by molar-refractivity contribution is 5.92. The van der Waals surface area contributed by atoms with E-state index in [0.717, 1.165) is 16.8 Å². The van der Waals surface area contributed by atoms with Crippen LogP contribution in [0.1, 0.15) is 18.4 Å². The standard InChI is InChI=1S/C14H15NO3/c1-3-17-14(16)15-11-7-5-4-6-10(11)12-9(2)8-18-13(12)15/h4-7,12-13H,2-3,8H2,1H3. The van der Waals surface area contributed by atoms with Crippen molar-refractivity contribution in [2.24, 2.45) is 0 Å². The number of fused-ring (bicyclic) bond motifs is 3. The van der Waals surface area contributed by atoms with Gasteiger partial charge in [-0.1, -0.05) is 24.8 Å². The lowest BCUT2D eigenvalue weighted by Crippen LogP contribution is -2.38. The molecule has 0 radical (unpaired) electrons. The first-order chi connectivity index (χ1) is 8.74. The third-order valence-corrected chi connectivity index (χ3v) is 3.41. The molecule has 2 atom stereocenters. The number of ether oxygens (including phenoxy) is 2. The van der Waals surface area contributed by atoms with Crippen molar-refractivity contribution in [3.05, 3.63) is 42.0 Å². The Morgan fingerprint density at radius 1 is 1.56 bits per heavy atom. The molecule has 0 bridgehead atoms. The molecule has 0 N–H and O–H groups in total. The molecule has 18 heavy (non-hydrogen) atoms. The summed E-state index contributed by atoms with van der Waals surface area (Å²) >= 11 is 0. The van der Waals surface area contributed by atoms with E-state index in [0.29, 0.717) is 13.2 Å². The zero-order chi connectivity index (χ0) is 12.7. The summed E-state index contributed by atoms with van der Waals surface area (Å²) in [6.07, 6.45) is -0.652. The van der Waals surface area contributed by atoms with E-state index in [4.69, 9.17) is 9.47 Å². The molecular formula is C14H15NO3. The van der Waals surface area contributed by atoms with Gasteiger partial charge in [-0.05, 0) is 24.1 Å². The summed E-state index contributed by atoms with van der Waals surface area (Å²) in [5.41, 5.74) is 2.98. The fourth-order valence-corrected chi connectivity index (χ4v) is 2.68. The average molecular weight is 245 g/mol. The van der Waals surface area contributed by atoms with Gasteiger partial charge in [-0.3, -0.25) is 0 Å². The molecule has 2 aliphatic rings. The number of para-hydroxylation sites is 1. The molecule has 94 valence electrons. The van der Waals surface area contributed by atoms with Crippen molar-refractivity contribution in [2.75, 3.05) is 18.1 Å². The molecule has 4 heteroatoms. The Hall–Kier alpha value is -1.81. The van der Waals surface area contributed by atoms with Crippen molar-refractivity contribution in [3.63, 3.8) is 0 Å². The van der Waals surface area contributed by atoms with Gasteiger partial charge in [0, 0.05) is 0 Å². The largest absolute Gasteiger partial charge is 0.449 e. The van der Waals surface area contributed by atoms with Crippen molar-refractivity contribution in [1.82, 2.24) is 0 Å². The van der Waals surface area contributed by atoms with Crippen LogP contribution in [-0.4, -0.2) is 25.5 Å². The number of nitrogens with zero attached hydrogens (tertiary/aromatic N) is 1. The molecule has 1 saturated heterocycles. The number of hydrogen-bond acceptors (Lipinski definition) is 3. The maximum atomic E-state index is 12.1. The van der Waals surface area contributed by atoms with Crippen LogP contribution in [0.25, 0.3) is 0 Å². The van der Waals surface area contributed by atoms with Gasteiger partial charge in [-0.25, -0.2) is 9.69 Å². The topological polar surface area (TPSA) is 38.8 Å². The highest BCUT2D eigenvalue weighted by Crippen LogP contribution is 2.48. The van der Waals surface area contributed by atoms with E-state index < -0.39 is 0 Å². The number of rotatable bonds is 1. The molecule has 2 aliphatic heterocycles. The van der Waals surface area contributed by atoms with E-state index in [1.165, 1.54) is 0 Å². The summed E-state index contributed by atoms with van der Waals surface area (Å²) in [4.78, 5) is 13.7. The molecule has 3 rings (SSSR count). The summed E-state index contributed by atoms with van der Waals surface area (Å²) in [6.45, 7) is 6.69. The molecule has 4 nitrogen and oxygen atoms in total. The van der Waals surface area contributed by atoms with Crippen LogP contribution >= 0.6 is 0 Å². The Balaban J connectivity index is 2.05. The Kier molecular flexibility index (Phi) is 2.59. The van der Waals surface area contributed by atoms with Gasteiger partial charge in [-0.15, -0.1) is 0 Å². The molecule has 0 saturated carbocycles. The molecule has 2 unspecified atom stereocenters. The van der Waals surface area contributed by atoms with Gasteiger partial charge < -0.3 is 9.47 Å². The second kappa shape index (κ2) is 4.14. The van der Waals surface area contributed by atoms with E-state index in [2.05, 4.69) is 6.58 Å². The highest BCUT2D eigenvalue weighted by atomic mass is 16.6. The normalized spacial score (nSPS) is 24.9. The third-order valence-electron chi connectivity index (χ3n) is 3.41. The molecule has 0 aromatic heterocycles. The number of benzene rings is 1. The van der Waals surface area contributed by atoms with E-state index in [9.17, 15) is 4.79 Å². The Labute approximate surface area is 106 Å². The summed E-state index contributed by atoms with van der Waals surface area (Å²) in [6, 6.07) is 7.82. The predicted molar refractivity (Wildman–Crippen MR) is 67.6 cm³/mol. The first kappa shape index (κ1) is 11.3. The first-order valence-corrected chi connectivity index (χ1v) is 6.08. The van der Waals surface area contributed by atoms with Crippen LogP contribution in [0.5, 0.6) is 0 Å². The maximum Gasteiger partial charge on any atom is 0.416 e. The van der Waals surface area contributed by atoms with Crippen molar-refractivity contribution in [3.8, 4) is 0 Å². The Morgan fingerprint density at radius 2 is 2.33 bits per heavy atom. The van der Waals surface area contributed by atoms with Crippen molar-refractivity contribution >= 4 is 11.8 Å². The lowest BCUT2D eigenvalue weighted by atomic mass is 9.95. The van der Waals surface area contributed by atoms with Crippen LogP contribution in [0.2, 0.25) is 0 Å². The molecule has 1 aromatic rings. The smallest absolute Gasteiger partial charge is 0.416 e. The summed E-state index contributed by atoms with van der Waals surface area (Å²) in [5.74, 6) is 0.0746. The van der Waals surface area contributed by atoms with Crippen LogP contribution in [-0.2, 0) is 9.47 Å². The van der Waals surface area contributed by atoms with Gasteiger partial charge in [0.05, 0.1) is 24.8 Å². The molecular weight excluding hydrogens is 230 g/mol. The van der Waals surface area contributed by atoms with Gasteiger partial charge in [0.25, 0.3) is 0 Å². The van der Waals surface area contributed by atoms with E-state index in [1.807, 2.05) is 24.3 Å². The molecule has 1 amide bonds. The van der Waals surface area contributed by atoms with Crippen molar-refractivity contribution in [1.29, 1.82) is 0 Å². The number of hydrogen-bond donors (Lipinski definition) is 0. The molecule has 1 fully saturated rings. The predicted octanol–water partition coefficient (Wildman–Crippen LogP) is 2.66. The minimum atomic E-state index is -0.354. The second-order valence-electron chi connectivity index (χ2n) is 4.47. The summed E-state index contributed by atoms with van der Waals surface area (Å²) in [5, 5.41) is 0. The first-order valence-electron chi connectivity index (χ1n) is 6.08. The lowest BCUT2D eigenvalue weighted by Gasteiger charge is -2.22. The van der Waals surface area contributed by atoms with Crippen LogP contribution in [0, 0.1) is 0 Å². The monoisotopic (exact) mass is 245 g/mol. The number of carbonyl (C=O) groups excluding carboxylic acids is 1. The van der Waals surface area contributed by atoms with E-state index in [1.54, 1.807) is 11.8 Å². The fourth-order valence-electron chi connectivity index (χ4n) is 2.68.